The average molecular weight is 360 g/mol. The number of hydrogen-bond donors (Lipinski definition) is 0. The molecule has 1 aromatic carbocycles. The van der Waals surface area contributed by atoms with Gasteiger partial charge in [0.2, 0.25) is 0 Å². The predicted molar refractivity (Wildman–Crippen MR) is 85.6 cm³/mol. The molecule has 1 amide bonds. The number of amides is 1. The molecule has 1 aliphatic rings. The lowest BCUT2D eigenvalue weighted by Gasteiger charge is -2.25. The summed E-state index contributed by atoms with van der Waals surface area (Å²) < 4.78 is 42.3. The van der Waals surface area contributed by atoms with Crippen molar-refractivity contribution in [3.05, 3.63) is 59.1 Å². The van der Waals surface area contributed by atoms with Gasteiger partial charge in [0.25, 0.3) is 11.9 Å². The van der Waals surface area contributed by atoms with Crippen molar-refractivity contribution in [3.8, 4) is 17.2 Å². The molecule has 0 spiro atoms. The van der Waals surface area contributed by atoms with E-state index in [1.807, 2.05) is 0 Å². The average Bonchev–Trinajstić information content (AvgIpc) is 3.29. The lowest BCUT2D eigenvalue weighted by molar-refractivity contribution is 0.0690. The number of benzene rings is 1. The number of ether oxygens (including phenoxy) is 1. The number of methoxy groups -OCH3 is 1. The first-order chi connectivity index (χ1) is 12.6. The largest absolute Gasteiger partial charge is 0.468 e. The van der Waals surface area contributed by atoms with E-state index in [0.29, 0.717) is 35.5 Å². The first-order valence-electron chi connectivity index (χ1n) is 7.92. The Morgan fingerprint density at radius 3 is 2.81 bits per heavy atom. The molecule has 0 saturated heterocycles. The van der Waals surface area contributed by atoms with Crippen molar-refractivity contribution < 1.29 is 27.3 Å². The molecule has 0 unspecified atom stereocenters. The summed E-state index contributed by atoms with van der Waals surface area (Å²) in [5, 5.41) is 3.98. The molecule has 0 bridgehead atoms. The molecule has 8 heteroatoms. The van der Waals surface area contributed by atoms with Crippen LogP contribution in [0.15, 0.2) is 39.3 Å². The van der Waals surface area contributed by atoms with Crippen LogP contribution < -0.4 is 4.74 Å². The molecule has 0 saturated carbocycles. The monoisotopic (exact) mass is 360 g/mol. The van der Waals surface area contributed by atoms with E-state index in [9.17, 15) is 13.6 Å². The number of nitrogens with zero attached hydrogens (tertiary/aromatic N) is 2. The second-order valence-corrected chi connectivity index (χ2v) is 5.86. The maximum atomic E-state index is 13.5. The van der Waals surface area contributed by atoms with Crippen molar-refractivity contribution in [2.75, 3.05) is 13.7 Å². The third kappa shape index (κ3) is 2.73. The summed E-state index contributed by atoms with van der Waals surface area (Å²) in [6.45, 7) is 0.663. The van der Waals surface area contributed by atoms with Gasteiger partial charge in [-0.15, -0.1) is 0 Å². The van der Waals surface area contributed by atoms with Crippen molar-refractivity contribution >= 4 is 5.91 Å². The summed E-state index contributed by atoms with van der Waals surface area (Å²) in [5.41, 5.74) is 1.46. The standard InChI is InChI=1S/C18H14F2N2O4/c1-24-16-5-4-15(25-16)18(23)22-7-6-14-11(9-22)17(21-26-14)10-2-3-12(19)13(20)8-10/h2-5,8H,6-7,9H2,1H3. The molecule has 2 aromatic heterocycles. The molecular formula is C18H14F2N2O4. The minimum absolute atomic E-state index is 0.163. The van der Waals surface area contributed by atoms with Crippen LogP contribution in [-0.4, -0.2) is 29.6 Å². The van der Waals surface area contributed by atoms with Crippen LogP contribution in [-0.2, 0) is 13.0 Å². The van der Waals surface area contributed by atoms with E-state index >= 15 is 0 Å². The van der Waals surface area contributed by atoms with Crippen LogP contribution in [0.1, 0.15) is 21.9 Å². The van der Waals surface area contributed by atoms with E-state index in [2.05, 4.69) is 5.16 Å². The highest BCUT2D eigenvalue weighted by Gasteiger charge is 2.29. The zero-order valence-corrected chi connectivity index (χ0v) is 13.8. The van der Waals surface area contributed by atoms with Crippen molar-refractivity contribution in [2.24, 2.45) is 0 Å². The molecule has 3 aromatic rings. The van der Waals surface area contributed by atoms with Gasteiger partial charge in [0.05, 0.1) is 13.7 Å². The number of fused-ring (bicyclic) bond motifs is 1. The fourth-order valence-electron chi connectivity index (χ4n) is 2.95. The molecule has 4 rings (SSSR count). The number of furan rings is 1. The fourth-order valence-corrected chi connectivity index (χ4v) is 2.95. The van der Waals surface area contributed by atoms with Gasteiger partial charge >= 0.3 is 0 Å². The Morgan fingerprint density at radius 1 is 1.23 bits per heavy atom. The lowest BCUT2D eigenvalue weighted by atomic mass is 10.0. The van der Waals surface area contributed by atoms with Gasteiger partial charge < -0.3 is 18.6 Å². The van der Waals surface area contributed by atoms with Crippen LogP contribution >= 0.6 is 0 Å². The van der Waals surface area contributed by atoms with Gasteiger partial charge in [0.1, 0.15) is 11.5 Å². The Kier molecular flexibility index (Phi) is 3.95. The van der Waals surface area contributed by atoms with Crippen LogP contribution in [0.3, 0.4) is 0 Å². The summed E-state index contributed by atoms with van der Waals surface area (Å²) in [5.74, 6) is -1.16. The topological polar surface area (TPSA) is 68.7 Å². The predicted octanol–water partition coefficient (Wildman–Crippen LogP) is 3.42. The van der Waals surface area contributed by atoms with Crippen molar-refractivity contribution in [3.63, 3.8) is 0 Å². The molecule has 0 fully saturated rings. The summed E-state index contributed by atoms with van der Waals surface area (Å²) >= 11 is 0. The van der Waals surface area contributed by atoms with Gasteiger partial charge in [-0.1, -0.05) is 5.16 Å². The maximum Gasteiger partial charge on any atom is 0.290 e. The van der Waals surface area contributed by atoms with E-state index < -0.39 is 11.6 Å². The van der Waals surface area contributed by atoms with Gasteiger partial charge in [0.15, 0.2) is 17.4 Å². The van der Waals surface area contributed by atoms with E-state index in [1.54, 1.807) is 17.0 Å². The molecular weight excluding hydrogens is 346 g/mol. The highest BCUT2D eigenvalue weighted by atomic mass is 19.2. The maximum absolute atomic E-state index is 13.5. The highest BCUT2D eigenvalue weighted by molar-refractivity contribution is 5.92. The third-order valence-corrected chi connectivity index (χ3v) is 4.30. The summed E-state index contributed by atoms with van der Waals surface area (Å²) in [6, 6.07) is 6.63. The first-order valence-corrected chi connectivity index (χ1v) is 7.92. The number of carbonyl (C=O) groups is 1. The van der Waals surface area contributed by atoms with Crippen molar-refractivity contribution in [2.45, 2.75) is 13.0 Å². The van der Waals surface area contributed by atoms with Crippen LogP contribution in [0.4, 0.5) is 8.78 Å². The van der Waals surface area contributed by atoms with E-state index in [1.165, 1.54) is 13.2 Å². The third-order valence-electron chi connectivity index (χ3n) is 4.30. The van der Waals surface area contributed by atoms with Gasteiger partial charge in [-0.3, -0.25) is 4.79 Å². The number of carbonyl (C=O) groups excluding carboxylic acids is 1. The van der Waals surface area contributed by atoms with E-state index in [-0.39, 0.29) is 24.2 Å². The Balaban J connectivity index is 1.63. The zero-order chi connectivity index (χ0) is 18.3. The molecule has 6 nitrogen and oxygen atoms in total. The summed E-state index contributed by atoms with van der Waals surface area (Å²) in [6.07, 6.45) is 0.468. The molecule has 134 valence electrons. The molecule has 26 heavy (non-hydrogen) atoms. The second-order valence-electron chi connectivity index (χ2n) is 5.86. The molecule has 1 aliphatic heterocycles. The lowest BCUT2D eigenvalue weighted by Crippen LogP contribution is -2.35. The summed E-state index contributed by atoms with van der Waals surface area (Å²) in [4.78, 5) is 14.2. The fraction of sp³-hybridized carbons (Fsp3) is 0.222. The SMILES string of the molecule is COc1ccc(C(=O)N2CCc3onc(-c4ccc(F)c(F)c4)c3C2)o1. The van der Waals surface area contributed by atoms with Crippen LogP contribution in [0.5, 0.6) is 5.95 Å². The first kappa shape index (κ1) is 16.3. The Hall–Kier alpha value is -3.16. The second kappa shape index (κ2) is 6.29. The Morgan fingerprint density at radius 2 is 2.08 bits per heavy atom. The quantitative estimate of drug-likeness (QED) is 0.716. The van der Waals surface area contributed by atoms with Crippen LogP contribution in [0, 0.1) is 11.6 Å². The zero-order valence-electron chi connectivity index (χ0n) is 13.8. The number of rotatable bonds is 3. The molecule has 0 aliphatic carbocycles. The molecule has 0 radical (unpaired) electrons. The summed E-state index contributed by atoms with van der Waals surface area (Å²) in [7, 11) is 1.45. The van der Waals surface area contributed by atoms with Gasteiger partial charge in [-0.25, -0.2) is 8.78 Å². The Bertz CT molecular complexity index is 979. The molecule has 0 N–H and O–H groups in total. The van der Waals surface area contributed by atoms with Gasteiger partial charge in [0, 0.05) is 30.2 Å². The van der Waals surface area contributed by atoms with E-state index in [0.717, 1.165) is 12.1 Å². The van der Waals surface area contributed by atoms with Gasteiger partial charge in [-0.05, 0) is 24.3 Å². The van der Waals surface area contributed by atoms with Crippen molar-refractivity contribution in [1.29, 1.82) is 0 Å². The number of hydrogen-bond acceptors (Lipinski definition) is 5. The normalized spacial score (nSPS) is 13.6. The van der Waals surface area contributed by atoms with E-state index in [4.69, 9.17) is 13.7 Å². The van der Waals surface area contributed by atoms with Gasteiger partial charge in [-0.2, -0.15) is 0 Å². The highest BCUT2D eigenvalue weighted by Crippen LogP contribution is 2.31. The van der Waals surface area contributed by atoms with Crippen LogP contribution in [0.25, 0.3) is 11.3 Å². The van der Waals surface area contributed by atoms with Crippen LogP contribution in [0.2, 0.25) is 0 Å². The van der Waals surface area contributed by atoms with Crippen molar-refractivity contribution in [1.82, 2.24) is 10.1 Å². The number of halogens is 2. The minimum Gasteiger partial charge on any atom is -0.468 e. The molecule has 0 atom stereocenters. The molecule has 3 heterocycles. The minimum atomic E-state index is -0.967. The smallest absolute Gasteiger partial charge is 0.290 e. The Labute approximate surface area is 146 Å². The number of aromatic nitrogens is 1.